The first-order chi connectivity index (χ1) is 9.69. The van der Waals surface area contributed by atoms with Crippen molar-refractivity contribution in [3.05, 3.63) is 40.6 Å². The maximum Gasteiger partial charge on any atom is 0.246 e. The number of aromatic nitrogens is 2. The Hall–Kier alpha value is -1.44. The van der Waals surface area contributed by atoms with Crippen LogP contribution in [-0.2, 0) is 4.79 Å². The Labute approximate surface area is 128 Å². The Morgan fingerprint density at radius 2 is 2.10 bits per heavy atom. The van der Waals surface area contributed by atoms with Crippen molar-refractivity contribution < 1.29 is 4.79 Å². The van der Waals surface area contributed by atoms with Gasteiger partial charge in [-0.05, 0) is 52.9 Å². The van der Waals surface area contributed by atoms with E-state index in [1.165, 1.54) is 11.8 Å². The summed E-state index contributed by atoms with van der Waals surface area (Å²) in [5.41, 5.74) is 1.78. The van der Waals surface area contributed by atoms with Crippen LogP contribution in [0.15, 0.2) is 45.1 Å². The fraction of sp³-hybridized carbons (Fsp3) is 0.154. The number of hydrogen-bond donors (Lipinski definition) is 2. The molecule has 0 saturated carbocycles. The van der Waals surface area contributed by atoms with E-state index in [-0.39, 0.29) is 11.9 Å². The van der Waals surface area contributed by atoms with Gasteiger partial charge in [-0.2, -0.15) is 0 Å². The van der Waals surface area contributed by atoms with Crippen LogP contribution in [0.4, 0.5) is 5.69 Å². The van der Waals surface area contributed by atoms with Gasteiger partial charge in [0, 0.05) is 33.0 Å². The largest absolute Gasteiger partial charge is 0.324 e. The minimum absolute atomic E-state index is 0.0347. The van der Waals surface area contributed by atoms with Gasteiger partial charge in [-0.1, -0.05) is 0 Å². The molecule has 2 aromatic rings. The van der Waals surface area contributed by atoms with Crippen LogP contribution in [0.2, 0.25) is 0 Å². The average Bonchev–Trinajstić information content (AvgIpc) is 2.75. The number of benzene rings is 1. The van der Waals surface area contributed by atoms with Gasteiger partial charge in [-0.15, -0.1) is 0 Å². The predicted octanol–water partition coefficient (Wildman–Crippen LogP) is 2.60. The highest BCUT2D eigenvalue weighted by molar-refractivity contribution is 9.10. The topological polar surface area (TPSA) is 66.9 Å². The first-order valence-electron chi connectivity index (χ1n) is 5.95. The zero-order valence-corrected chi connectivity index (χ0v) is 13.0. The number of halogens is 1. The molecule has 2 N–H and O–H groups in total. The highest BCUT2D eigenvalue weighted by atomic mass is 79.9. The van der Waals surface area contributed by atoms with Crippen LogP contribution in [0.5, 0.6) is 0 Å². The summed E-state index contributed by atoms with van der Waals surface area (Å²) in [6.45, 7) is 0. The lowest BCUT2D eigenvalue weighted by Gasteiger charge is -2.09. The average molecular weight is 351 g/mol. The molecule has 0 fully saturated rings. The fourth-order valence-electron chi connectivity index (χ4n) is 2.06. The summed E-state index contributed by atoms with van der Waals surface area (Å²) in [4.78, 5) is 21.2. The molecular formula is C13H11BrN4OS. The Bertz CT molecular complexity index is 665. The van der Waals surface area contributed by atoms with Crippen molar-refractivity contribution in [1.29, 1.82) is 0 Å². The standard InChI is InChI=1S/C13H11BrN4OS/c1-15-11-7-5-8(14)10(6-9(7)18-12(11)19)20-13-16-3-2-4-17-13/h2-6,11,15H,1H3,(H,18,19). The van der Waals surface area contributed by atoms with Crippen molar-refractivity contribution in [1.82, 2.24) is 15.3 Å². The first kappa shape index (κ1) is 13.5. The molecular weight excluding hydrogens is 340 g/mol. The van der Waals surface area contributed by atoms with Crippen LogP contribution in [0, 0.1) is 0 Å². The van der Waals surface area contributed by atoms with Gasteiger partial charge < -0.3 is 10.6 Å². The third kappa shape index (κ3) is 2.44. The van der Waals surface area contributed by atoms with Gasteiger partial charge in [0.1, 0.15) is 6.04 Å². The summed E-state index contributed by atoms with van der Waals surface area (Å²) >= 11 is 4.99. The van der Waals surface area contributed by atoms with Gasteiger partial charge in [0.05, 0.1) is 0 Å². The number of carbonyl (C=O) groups excluding carboxylic acids is 1. The maximum atomic E-state index is 11.8. The van der Waals surface area contributed by atoms with Crippen LogP contribution in [0.3, 0.4) is 0 Å². The smallest absolute Gasteiger partial charge is 0.246 e. The minimum atomic E-state index is -0.298. The molecule has 0 aliphatic carbocycles. The number of amides is 1. The summed E-state index contributed by atoms with van der Waals surface area (Å²) in [5, 5.41) is 6.55. The van der Waals surface area contributed by atoms with Crippen LogP contribution in [0.1, 0.15) is 11.6 Å². The van der Waals surface area contributed by atoms with Crippen LogP contribution < -0.4 is 10.6 Å². The second-order valence-electron chi connectivity index (χ2n) is 4.21. The molecule has 3 rings (SSSR count). The maximum absolute atomic E-state index is 11.8. The zero-order valence-electron chi connectivity index (χ0n) is 10.6. The van der Waals surface area contributed by atoms with E-state index in [0.29, 0.717) is 5.16 Å². The summed E-state index contributed by atoms with van der Waals surface area (Å²) in [6.07, 6.45) is 3.41. The van der Waals surface area contributed by atoms with Gasteiger partial charge in [0.2, 0.25) is 5.91 Å². The number of carbonyl (C=O) groups is 1. The van der Waals surface area contributed by atoms with Gasteiger partial charge in [0.15, 0.2) is 5.16 Å². The number of fused-ring (bicyclic) bond motifs is 1. The lowest BCUT2D eigenvalue weighted by molar-refractivity contribution is -0.117. The minimum Gasteiger partial charge on any atom is -0.324 e. The van der Waals surface area contributed by atoms with E-state index < -0.39 is 0 Å². The molecule has 0 radical (unpaired) electrons. The molecule has 20 heavy (non-hydrogen) atoms. The third-order valence-corrected chi connectivity index (χ3v) is 4.84. The number of likely N-dealkylation sites (N-methyl/N-ethyl adjacent to an activating group) is 1. The molecule has 2 heterocycles. The molecule has 1 aromatic carbocycles. The summed E-state index contributed by atoms with van der Waals surface area (Å²) < 4.78 is 0.922. The molecule has 7 heteroatoms. The third-order valence-electron chi connectivity index (χ3n) is 2.97. The number of rotatable bonds is 3. The normalized spacial score (nSPS) is 16.9. The lowest BCUT2D eigenvalue weighted by Crippen LogP contribution is -2.23. The molecule has 1 amide bonds. The predicted molar refractivity (Wildman–Crippen MR) is 80.7 cm³/mol. The van der Waals surface area contributed by atoms with Crippen molar-refractivity contribution in [2.45, 2.75) is 16.1 Å². The van der Waals surface area contributed by atoms with Crippen molar-refractivity contribution in [3.63, 3.8) is 0 Å². The second-order valence-corrected chi connectivity index (χ2v) is 6.08. The summed E-state index contributed by atoms with van der Waals surface area (Å²) in [7, 11) is 1.77. The van der Waals surface area contributed by atoms with Crippen molar-refractivity contribution in [2.24, 2.45) is 0 Å². The molecule has 1 aliphatic rings. The van der Waals surface area contributed by atoms with E-state index >= 15 is 0 Å². The van der Waals surface area contributed by atoms with E-state index in [0.717, 1.165) is 20.6 Å². The highest BCUT2D eigenvalue weighted by Gasteiger charge is 2.30. The molecule has 0 bridgehead atoms. The molecule has 0 saturated heterocycles. The van der Waals surface area contributed by atoms with Gasteiger partial charge in [-0.25, -0.2) is 9.97 Å². The summed E-state index contributed by atoms with van der Waals surface area (Å²) in [6, 6.07) is 5.38. The van der Waals surface area contributed by atoms with Crippen LogP contribution in [-0.4, -0.2) is 22.9 Å². The molecule has 1 atom stereocenters. The van der Waals surface area contributed by atoms with E-state index in [4.69, 9.17) is 0 Å². The Morgan fingerprint density at radius 1 is 1.35 bits per heavy atom. The quantitative estimate of drug-likeness (QED) is 0.832. The van der Waals surface area contributed by atoms with Crippen LogP contribution in [0.25, 0.3) is 0 Å². The zero-order chi connectivity index (χ0) is 14.1. The van der Waals surface area contributed by atoms with Gasteiger partial charge in [0.25, 0.3) is 0 Å². The molecule has 0 spiro atoms. The van der Waals surface area contributed by atoms with Crippen molar-refractivity contribution in [3.8, 4) is 0 Å². The number of hydrogen-bond acceptors (Lipinski definition) is 5. The summed E-state index contributed by atoms with van der Waals surface area (Å²) in [5.74, 6) is -0.0347. The van der Waals surface area contributed by atoms with E-state index in [2.05, 4.69) is 36.5 Å². The van der Waals surface area contributed by atoms with Gasteiger partial charge >= 0.3 is 0 Å². The molecule has 1 aliphatic heterocycles. The van der Waals surface area contributed by atoms with Crippen LogP contribution >= 0.6 is 27.7 Å². The molecule has 1 unspecified atom stereocenters. The second kappa shape index (κ2) is 5.51. The van der Waals surface area contributed by atoms with Crippen molar-refractivity contribution in [2.75, 3.05) is 12.4 Å². The fourth-order valence-corrected chi connectivity index (χ4v) is 3.42. The molecule has 5 nitrogen and oxygen atoms in total. The van der Waals surface area contributed by atoms with E-state index in [1.807, 2.05) is 12.1 Å². The van der Waals surface area contributed by atoms with Crippen molar-refractivity contribution >= 4 is 39.3 Å². The highest BCUT2D eigenvalue weighted by Crippen LogP contribution is 2.40. The molecule has 1 aromatic heterocycles. The molecule has 102 valence electrons. The Kier molecular flexibility index (Phi) is 3.73. The van der Waals surface area contributed by atoms with E-state index in [9.17, 15) is 4.79 Å². The number of anilines is 1. The Morgan fingerprint density at radius 3 is 2.80 bits per heavy atom. The lowest BCUT2D eigenvalue weighted by atomic mass is 10.1. The van der Waals surface area contributed by atoms with Gasteiger partial charge in [-0.3, -0.25) is 4.79 Å². The number of nitrogens with one attached hydrogen (secondary N) is 2. The van der Waals surface area contributed by atoms with E-state index in [1.54, 1.807) is 25.5 Å². The SMILES string of the molecule is CNC1C(=O)Nc2cc(Sc3ncccn3)c(Br)cc21. The Balaban J connectivity index is 1.96. The first-order valence-corrected chi connectivity index (χ1v) is 7.56. The monoisotopic (exact) mass is 350 g/mol. The number of nitrogens with zero attached hydrogens (tertiary/aromatic N) is 2.